The summed E-state index contributed by atoms with van der Waals surface area (Å²) in [6.45, 7) is 0. The van der Waals surface area contributed by atoms with Crippen LogP contribution in [-0.4, -0.2) is 18.9 Å². The standard InChI is InChI=1S/C19H15I5O5S/c20-14-13(15(21)17(23)18(24)16(14)22)19(25)29-10-6-7-12(30(26,27)28)11(8-10)9-4-2-1-3-5-9/h6-9H,1-5H2,(H,26,27,28). The molecule has 0 bridgehead atoms. The summed E-state index contributed by atoms with van der Waals surface area (Å²) >= 11 is 11.0. The lowest BCUT2D eigenvalue weighted by atomic mass is 9.84. The smallest absolute Gasteiger partial charge is 0.345 e. The molecule has 0 saturated heterocycles. The molecule has 0 radical (unpaired) electrons. The topological polar surface area (TPSA) is 80.7 Å². The number of carbonyl (C=O) groups is 1. The van der Waals surface area contributed by atoms with Crippen LogP contribution >= 0.6 is 113 Å². The Kier molecular flexibility index (Phi) is 9.40. The Hall–Kier alpha value is 1.47. The molecule has 0 heterocycles. The van der Waals surface area contributed by atoms with Crippen molar-refractivity contribution in [3.05, 3.63) is 47.2 Å². The highest BCUT2D eigenvalue weighted by Crippen LogP contribution is 2.38. The van der Waals surface area contributed by atoms with Gasteiger partial charge in [0, 0.05) is 17.9 Å². The number of halogens is 5. The van der Waals surface area contributed by atoms with E-state index in [9.17, 15) is 17.8 Å². The number of rotatable bonds is 4. The number of esters is 1. The Morgan fingerprint density at radius 1 is 0.900 bits per heavy atom. The molecule has 162 valence electrons. The fraction of sp³-hybridized carbons (Fsp3) is 0.316. The van der Waals surface area contributed by atoms with E-state index in [-0.39, 0.29) is 16.6 Å². The summed E-state index contributed by atoms with van der Waals surface area (Å²) in [5.41, 5.74) is 1.03. The molecule has 2 aromatic carbocycles. The van der Waals surface area contributed by atoms with Crippen molar-refractivity contribution in [3.8, 4) is 5.75 Å². The van der Waals surface area contributed by atoms with Crippen LogP contribution in [0.4, 0.5) is 0 Å². The lowest BCUT2D eigenvalue weighted by Gasteiger charge is -2.24. The van der Waals surface area contributed by atoms with E-state index in [1.54, 1.807) is 6.07 Å². The highest BCUT2D eigenvalue weighted by molar-refractivity contribution is 14.1. The van der Waals surface area contributed by atoms with Crippen LogP contribution < -0.4 is 4.74 Å². The molecule has 1 aliphatic rings. The third kappa shape index (κ3) is 5.75. The summed E-state index contributed by atoms with van der Waals surface area (Å²) < 4.78 is 43.9. The molecule has 0 atom stereocenters. The molecule has 0 amide bonds. The molecular weight excluding hydrogens is 975 g/mol. The summed E-state index contributed by atoms with van der Waals surface area (Å²) in [5, 5.41) is 0. The van der Waals surface area contributed by atoms with Gasteiger partial charge in [0.05, 0.1) is 10.5 Å². The Bertz CT molecular complexity index is 1080. The average Bonchev–Trinajstić information content (AvgIpc) is 2.70. The predicted molar refractivity (Wildman–Crippen MR) is 157 cm³/mol. The second-order valence-electron chi connectivity index (χ2n) is 6.84. The maximum absolute atomic E-state index is 13.0. The molecule has 3 rings (SSSR count). The van der Waals surface area contributed by atoms with Gasteiger partial charge in [-0.1, -0.05) is 19.3 Å². The van der Waals surface area contributed by atoms with E-state index in [0.29, 0.717) is 11.1 Å². The molecule has 1 fully saturated rings. The minimum atomic E-state index is -4.36. The van der Waals surface area contributed by atoms with Crippen LogP contribution in [0.25, 0.3) is 0 Å². The first kappa shape index (κ1) is 26.1. The van der Waals surface area contributed by atoms with Crippen molar-refractivity contribution in [2.24, 2.45) is 0 Å². The van der Waals surface area contributed by atoms with Crippen LogP contribution in [0.15, 0.2) is 23.1 Å². The largest absolute Gasteiger partial charge is 0.423 e. The van der Waals surface area contributed by atoms with Gasteiger partial charge in [0.1, 0.15) is 5.75 Å². The number of hydrogen-bond donors (Lipinski definition) is 1. The second kappa shape index (κ2) is 10.8. The van der Waals surface area contributed by atoms with Crippen molar-refractivity contribution in [1.29, 1.82) is 0 Å². The van der Waals surface area contributed by atoms with Gasteiger partial charge in [-0.05, 0) is 155 Å². The van der Waals surface area contributed by atoms with Gasteiger partial charge in [0.25, 0.3) is 10.1 Å². The predicted octanol–water partition coefficient (Wildman–Crippen LogP) is 7.22. The van der Waals surface area contributed by atoms with E-state index in [1.165, 1.54) is 12.1 Å². The number of benzene rings is 2. The Morgan fingerprint density at radius 2 is 1.43 bits per heavy atom. The lowest BCUT2D eigenvalue weighted by molar-refractivity contribution is 0.0732. The van der Waals surface area contributed by atoms with Crippen LogP contribution in [0, 0.1) is 17.9 Å². The monoisotopic (exact) mass is 990 g/mol. The lowest BCUT2D eigenvalue weighted by Crippen LogP contribution is -2.16. The molecule has 1 aliphatic carbocycles. The summed E-state index contributed by atoms with van der Waals surface area (Å²) in [6, 6.07) is 4.36. The van der Waals surface area contributed by atoms with E-state index < -0.39 is 16.1 Å². The van der Waals surface area contributed by atoms with Crippen LogP contribution in [0.1, 0.15) is 53.9 Å². The highest BCUT2D eigenvalue weighted by atomic mass is 127. The minimum Gasteiger partial charge on any atom is -0.423 e. The molecule has 0 aliphatic heterocycles. The van der Waals surface area contributed by atoms with Crippen molar-refractivity contribution < 1.29 is 22.5 Å². The Labute approximate surface area is 243 Å². The molecule has 1 saturated carbocycles. The summed E-state index contributed by atoms with van der Waals surface area (Å²) in [7, 11) is -4.36. The van der Waals surface area contributed by atoms with Gasteiger partial charge >= 0.3 is 5.97 Å². The number of carbonyl (C=O) groups excluding carboxylic acids is 1. The van der Waals surface area contributed by atoms with Crippen LogP contribution in [0.3, 0.4) is 0 Å². The maximum Gasteiger partial charge on any atom is 0.345 e. The normalized spacial score (nSPS) is 15.3. The van der Waals surface area contributed by atoms with Crippen molar-refractivity contribution in [1.82, 2.24) is 0 Å². The third-order valence-corrected chi connectivity index (χ3v) is 15.4. The van der Waals surface area contributed by atoms with Crippen molar-refractivity contribution in [2.75, 3.05) is 0 Å². The summed E-state index contributed by atoms with van der Waals surface area (Å²) in [5.74, 6) is -0.178. The molecule has 30 heavy (non-hydrogen) atoms. The molecule has 11 heteroatoms. The van der Waals surface area contributed by atoms with Crippen LogP contribution in [0.5, 0.6) is 5.75 Å². The van der Waals surface area contributed by atoms with Crippen molar-refractivity contribution in [2.45, 2.75) is 42.9 Å². The van der Waals surface area contributed by atoms with Gasteiger partial charge in [-0.2, -0.15) is 8.42 Å². The zero-order valence-electron chi connectivity index (χ0n) is 15.2. The van der Waals surface area contributed by atoms with Gasteiger partial charge in [0.15, 0.2) is 0 Å². The zero-order chi connectivity index (χ0) is 22.2. The molecule has 1 N–H and O–H groups in total. The van der Waals surface area contributed by atoms with E-state index in [2.05, 4.69) is 113 Å². The zero-order valence-corrected chi connectivity index (χ0v) is 26.8. The molecule has 0 unspecified atom stereocenters. The average molecular weight is 990 g/mol. The van der Waals surface area contributed by atoms with E-state index in [0.717, 1.165) is 50.0 Å². The fourth-order valence-electron chi connectivity index (χ4n) is 3.50. The van der Waals surface area contributed by atoms with E-state index in [1.807, 2.05) is 0 Å². The maximum atomic E-state index is 13.0. The first-order valence-electron chi connectivity index (χ1n) is 8.87. The first-order chi connectivity index (χ1) is 14.0. The van der Waals surface area contributed by atoms with E-state index in [4.69, 9.17) is 4.74 Å². The van der Waals surface area contributed by atoms with Crippen LogP contribution in [0.2, 0.25) is 0 Å². The molecule has 0 spiro atoms. The summed E-state index contributed by atoms with van der Waals surface area (Å²) in [4.78, 5) is 12.9. The highest BCUT2D eigenvalue weighted by Gasteiger charge is 2.27. The van der Waals surface area contributed by atoms with Crippen molar-refractivity contribution in [3.63, 3.8) is 0 Å². The van der Waals surface area contributed by atoms with Gasteiger partial charge in [-0.25, -0.2) is 4.79 Å². The van der Waals surface area contributed by atoms with Crippen LogP contribution in [-0.2, 0) is 10.1 Å². The molecule has 2 aromatic rings. The molecule has 0 aromatic heterocycles. The van der Waals surface area contributed by atoms with Gasteiger partial charge in [-0.15, -0.1) is 0 Å². The van der Waals surface area contributed by atoms with Crippen molar-refractivity contribution >= 4 is 129 Å². The quantitative estimate of drug-likeness (QED) is 0.0875. The first-order valence-corrected chi connectivity index (χ1v) is 15.7. The van der Waals surface area contributed by atoms with Gasteiger partial charge in [0.2, 0.25) is 0 Å². The second-order valence-corrected chi connectivity index (χ2v) is 13.6. The minimum absolute atomic E-state index is 0.0230. The molecule has 5 nitrogen and oxygen atoms in total. The third-order valence-electron chi connectivity index (χ3n) is 4.93. The van der Waals surface area contributed by atoms with E-state index >= 15 is 0 Å². The Balaban J connectivity index is 2.01. The number of hydrogen-bond acceptors (Lipinski definition) is 4. The van der Waals surface area contributed by atoms with Gasteiger partial charge < -0.3 is 4.74 Å². The van der Waals surface area contributed by atoms with Gasteiger partial charge in [-0.3, -0.25) is 4.55 Å². The summed E-state index contributed by atoms with van der Waals surface area (Å²) in [6.07, 6.45) is 4.84. The Morgan fingerprint density at radius 3 is 1.97 bits per heavy atom. The molecular formula is C19H15I5O5S. The SMILES string of the molecule is O=C(Oc1ccc(S(=O)(=O)O)c(C2CCCCC2)c1)c1c(I)c(I)c(I)c(I)c1I. The fourth-order valence-corrected chi connectivity index (χ4v) is 9.46. The number of ether oxygens (including phenoxy) is 1.